The predicted molar refractivity (Wildman–Crippen MR) is 102 cm³/mol. The second-order valence-corrected chi connectivity index (χ2v) is 6.95. The lowest BCUT2D eigenvalue weighted by atomic mass is 9.84. The second kappa shape index (κ2) is 8.20. The zero-order valence-corrected chi connectivity index (χ0v) is 15.5. The van der Waals surface area contributed by atoms with Crippen molar-refractivity contribution in [3.8, 4) is 0 Å². The molecule has 6 nitrogen and oxygen atoms in total. The predicted octanol–water partition coefficient (Wildman–Crippen LogP) is 3.54. The normalized spacial score (nSPS) is 21.2. The molecule has 0 aliphatic carbocycles. The second-order valence-electron chi connectivity index (χ2n) is 6.95. The summed E-state index contributed by atoms with van der Waals surface area (Å²) in [6, 6.07) is 13.3. The Kier molecular flexibility index (Phi) is 5.74. The van der Waals surface area contributed by atoms with Gasteiger partial charge in [0.2, 0.25) is 5.91 Å². The molecule has 2 amide bonds. The Labute approximate surface area is 159 Å². The van der Waals surface area contributed by atoms with E-state index >= 15 is 0 Å². The van der Waals surface area contributed by atoms with Crippen LogP contribution >= 0.6 is 0 Å². The zero-order valence-electron chi connectivity index (χ0n) is 15.5. The molecule has 2 aromatic rings. The summed E-state index contributed by atoms with van der Waals surface area (Å²) in [6.45, 7) is 2.57. The van der Waals surface area contributed by atoms with Gasteiger partial charge in [0.05, 0.1) is 6.04 Å². The molecular weight excluding hydrogens is 342 g/mol. The number of benzene rings is 1. The highest BCUT2D eigenvalue weighted by molar-refractivity contribution is 5.74. The molecule has 1 aliphatic heterocycles. The number of nitrogens with zero attached hydrogens (tertiary/aromatic N) is 2. The first-order valence-electron chi connectivity index (χ1n) is 9.25. The Morgan fingerprint density at radius 2 is 1.96 bits per heavy atom. The van der Waals surface area contributed by atoms with Gasteiger partial charge < -0.3 is 15.4 Å². The lowest BCUT2D eigenvalue weighted by Crippen LogP contribution is -2.38. The summed E-state index contributed by atoms with van der Waals surface area (Å²) in [5, 5.41) is 0. The standard InChI is InChI=1S/C21H25N3O3/c1-16(17-9-13-23-14-10-17)24-15-5-11-21(27-20(24)26,12-8-19(22)25)18-6-3-2-4-7-18/h2-4,6-7,9-10,13-14,16H,5,8,11-12,15H2,1H3,(H2,22,25). The van der Waals surface area contributed by atoms with Crippen LogP contribution in [0.15, 0.2) is 54.9 Å². The number of pyridine rings is 1. The van der Waals surface area contributed by atoms with Crippen LogP contribution in [0.3, 0.4) is 0 Å². The zero-order chi connectivity index (χ0) is 19.3. The van der Waals surface area contributed by atoms with Crippen LogP contribution in [0.2, 0.25) is 0 Å². The van der Waals surface area contributed by atoms with Gasteiger partial charge in [-0.15, -0.1) is 0 Å². The Hall–Kier alpha value is -2.89. The highest BCUT2D eigenvalue weighted by Crippen LogP contribution is 2.39. The molecule has 1 fully saturated rings. The monoisotopic (exact) mass is 367 g/mol. The fraction of sp³-hybridized carbons (Fsp3) is 0.381. The van der Waals surface area contributed by atoms with Crippen LogP contribution in [-0.4, -0.2) is 28.4 Å². The van der Waals surface area contributed by atoms with Gasteiger partial charge in [-0.05, 0) is 43.0 Å². The summed E-state index contributed by atoms with van der Waals surface area (Å²) in [5.41, 5.74) is 6.45. The number of rotatable bonds is 6. The maximum Gasteiger partial charge on any atom is 0.411 e. The van der Waals surface area contributed by atoms with Gasteiger partial charge in [0, 0.05) is 31.8 Å². The SMILES string of the molecule is CC(c1ccncc1)N1CCCC(CCC(N)=O)(c2ccccc2)OC1=O. The van der Waals surface area contributed by atoms with Gasteiger partial charge in [0.25, 0.3) is 0 Å². The molecule has 0 saturated carbocycles. The molecule has 1 aromatic heterocycles. The third-order valence-corrected chi connectivity index (χ3v) is 5.23. The maximum absolute atomic E-state index is 13.0. The van der Waals surface area contributed by atoms with Crippen LogP contribution in [-0.2, 0) is 15.1 Å². The number of primary amides is 1. The number of nitrogens with two attached hydrogens (primary N) is 1. The maximum atomic E-state index is 13.0. The number of aromatic nitrogens is 1. The van der Waals surface area contributed by atoms with E-state index in [0.717, 1.165) is 17.5 Å². The molecule has 27 heavy (non-hydrogen) atoms. The van der Waals surface area contributed by atoms with Crippen molar-refractivity contribution in [1.29, 1.82) is 0 Å². The van der Waals surface area contributed by atoms with Gasteiger partial charge in [-0.3, -0.25) is 9.78 Å². The van der Waals surface area contributed by atoms with Gasteiger partial charge in [-0.1, -0.05) is 30.3 Å². The Bertz CT molecular complexity index is 782. The van der Waals surface area contributed by atoms with Crippen LogP contribution in [0.1, 0.15) is 49.8 Å². The third-order valence-electron chi connectivity index (χ3n) is 5.23. The van der Waals surface area contributed by atoms with E-state index in [0.29, 0.717) is 19.4 Å². The van der Waals surface area contributed by atoms with E-state index in [2.05, 4.69) is 4.98 Å². The minimum absolute atomic E-state index is 0.122. The van der Waals surface area contributed by atoms with Gasteiger partial charge in [-0.25, -0.2) is 4.79 Å². The summed E-state index contributed by atoms with van der Waals surface area (Å²) >= 11 is 0. The number of amides is 2. The highest BCUT2D eigenvalue weighted by atomic mass is 16.6. The number of ether oxygens (including phenoxy) is 1. The van der Waals surface area contributed by atoms with Crippen LogP contribution in [0, 0.1) is 0 Å². The van der Waals surface area contributed by atoms with Crippen molar-refractivity contribution in [3.05, 3.63) is 66.0 Å². The minimum atomic E-state index is -0.833. The first-order chi connectivity index (χ1) is 13.0. The van der Waals surface area contributed by atoms with Crippen LogP contribution < -0.4 is 5.73 Å². The summed E-state index contributed by atoms with van der Waals surface area (Å²) in [4.78, 5) is 30.2. The molecule has 2 heterocycles. The van der Waals surface area contributed by atoms with E-state index in [-0.39, 0.29) is 18.6 Å². The average molecular weight is 367 g/mol. The molecule has 1 aliphatic rings. The van der Waals surface area contributed by atoms with Crippen molar-refractivity contribution in [1.82, 2.24) is 9.88 Å². The summed E-state index contributed by atoms with van der Waals surface area (Å²) in [6.07, 6.45) is 5.04. The van der Waals surface area contributed by atoms with Crippen molar-refractivity contribution in [2.24, 2.45) is 5.73 Å². The molecule has 3 rings (SSSR count). The van der Waals surface area contributed by atoms with Gasteiger partial charge in [0.15, 0.2) is 0 Å². The van der Waals surface area contributed by atoms with Crippen LogP contribution in [0.25, 0.3) is 0 Å². The Morgan fingerprint density at radius 1 is 1.26 bits per heavy atom. The topological polar surface area (TPSA) is 85.5 Å². The van der Waals surface area contributed by atoms with Crippen molar-refractivity contribution in [2.75, 3.05) is 6.54 Å². The van der Waals surface area contributed by atoms with E-state index in [1.807, 2.05) is 49.4 Å². The molecule has 6 heteroatoms. The van der Waals surface area contributed by atoms with E-state index in [9.17, 15) is 9.59 Å². The average Bonchev–Trinajstić information content (AvgIpc) is 2.86. The molecule has 0 spiro atoms. The third kappa shape index (κ3) is 4.27. The summed E-state index contributed by atoms with van der Waals surface area (Å²) in [5.74, 6) is -0.396. The summed E-state index contributed by atoms with van der Waals surface area (Å²) < 4.78 is 6.05. The fourth-order valence-electron chi connectivity index (χ4n) is 3.67. The van der Waals surface area contributed by atoms with E-state index in [1.165, 1.54) is 0 Å². The molecule has 1 saturated heterocycles. The van der Waals surface area contributed by atoms with Crippen molar-refractivity contribution in [2.45, 2.75) is 44.2 Å². The van der Waals surface area contributed by atoms with Gasteiger partial charge in [-0.2, -0.15) is 0 Å². The molecule has 2 atom stereocenters. The van der Waals surface area contributed by atoms with E-state index < -0.39 is 11.5 Å². The molecule has 0 radical (unpaired) electrons. The van der Waals surface area contributed by atoms with Gasteiger partial charge >= 0.3 is 6.09 Å². The number of carbonyl (C=O) groups is 2. The summed E-state index contributed by atoms with van der Waals surface area (Å²) in [7, 11) is 0. The molecular formula is C21H25N3O3. The van der Waals surface area contributed by atoms with Crippen LogP contribution in [0.5, 0.6) is 0 Å². The van der Waals surface area contributed by atoms with Gasteiger partial charge in [0.1, 0.15) is 5.60 Å². The smallest absolute Gasteiger partial charge is 0.411 e. The quantitative estimate of drug-likeness (QED) is 0.846. The highest BCUT2D eigenvalue weighted by Gasteiger charge is 2.41. The lowest BCUT2D eigenvalue weighted by molar-refractivity contribution is -0.119. The molecule has 142 valence electrons. The number of hydrogen-bond acceptors (Lipinski definition) is 4. The first-order valence-corrected chi connectivity index (χ1v) is 9.25. The van der Waals surface area contributed by atoms with E-state index in [4.69, 9.17) is 10.5 Å². The molecule has 1 aromatic carbocycles. The Balaban J connectivity index is 1.87. The number of carbonyl (C=O) groups excluding carboxylic acids is 2. The molecule has 2 unspecified atom stereocenters. The lowest BCUT2D eigenvalue weighted by Gasteiger charge is -2.34. The van der Waals surface area contributed by atoms with E-state index in [1.54, 1.807) is 17.3 Å². The van der Waals surface area contributed by atoms with Crippen molar-refractivity contribution in [3.63, 3.8) is 0 Å². The molecule has 2 N–H and O–H groups in total. The van der Waals surface area contributed by atoms with Crippen molar-refractivity contribution >= 4 is 12.0 Å². The minimum Gasteiger partial charge on any atom is -0.438 e. The van der Waals surface area contributed by atoms with Crippen LogP contribution in [0.4, 0.5) is 4.79 Å². The van der Waals surface area contributed by atoms with Crippen molar-refractivity contribution < 1.29 is 14.3 Å². The number of cyclic esters (lactones) is 1. The molecule has 0 bridgehead atoms. The Morgan fingerprint density at radius 3 is 2.63 bits per heavy atom. The fourth-order valence-corrected chi connectivity index (χ4v) is 3.67. The largest absolute Gasteiger partial charge is 0.438 e. The first kappa shape index (κ1) is 18.9. The number of hydrogen-bond donors (Lipinski definition) is 1.